The largest absolute Gasteiger partial charge is 0.607 e. The van der Waals surface area contributed by atoms with Crippen molar-refractivity contribution < 1.29 is 0 Å². The SMILES string of the molecule is NN[N-]c1cncc2ccccc12. The van der Waals surface area contributed by atoms with Crippen LogP contribution in [0.4, 0.5) is 5.69 Å². The Morgan fingerprint density at radius 1 is 1.23 bits per heavy atom. The number of hydrazine groups is 1. The van der Waals surface area contributed by atoms with Gasteiger partial charge in [0.2, 0.25) is 0 Å². The van der Waals surface area contributed by atoms with Crippen molar-refractivity contribution >= 4 is 16.5 Å². The Morgan fingerprint density at radius 2 is 2.08 bits per heavy atom. The highest BCUT2D eigenvalue weighted by molar-refractivity contribution is 5.93. The highest BCUT2D eigenvalue weighted by Gasteiger charge is 1.91. The van der Waals surface area contributed by atoms with Gasteiger partial charge in [-0.2, -0.15) is 0 Å². The molecule has 1 aromatic heterocycles. The van der Waals surface area contributed by atoms with E-state index in [0.717, 1.165) is 16.5 Å². The number of pyridine rings is 1. The maximum atomic E-state index is 5.11. The van der Waals surface area contributed by atoms with Crippen LogP contribution in [0.15, 0.2) is 36.7 Å². The number of fused-ring (bicyclic) bond motifs is 1. The van der Waals surface area contributed by atoms with Crippen LogP contribution >= 0.6 is 0 Å². The molecule has 1 heterocycles. The lowest BCUT2D eigenvalue weighted by Crippen LogP contribution is -2.14. The minimum absolute atomic E-state index is 0.751. The lowest BCUT2D eigenvalue weighted by Gasteiger charge is -2.20. The second kappa shape index (κ2) is 3.38. The van der Waals surface area contributed by atoms with E-state index in [2.05, 4.69) is 15.9 Å². The minimum Gasteiger partial charge on any atom is -0.607 e. The van der Waals surface area contributed by atoms with Crippen molar-refractivity contribution in [3.63, 3.8) is 0 Å². The van der Waals surface area contributed by atoms with Gasteiger partial charge in [0.1, 0.15) is 0 Å². The third-order valence-corrected chi connectivity index (χ3v) is 1.83. The molecule has 1 aromatic carbocycles. The van der Waals surface area contributed by atoms with Crippen LogP contribution in [0.5, 0.6) is 0 Å². The molecule has 0 aliphatic rings. The monoisotopic (exact) mass is 173 g/mol. The second-order valence-corrected chi connectivity index (χ2v) is 2.62. The summed E-state index contributed by atoms with van der Waals surface area (Å²) in [6, 6.07) is 7.88. The molecule has 13 heavy (non-hydrogen) atoms. The molecule has 4 heteroatoms. The van der Waals surface area contributed by atoms with Gasteiger partial charge >= 0.3 is 0 Å². The maximum Gasteiger partial charge on any atom is 0.0345 e. The standard InChI is InChI=1S/C9H9N4/c10-13-12-9-6-11-5-7-3-1-2-4-8(7)9/h1-6,13H,10H2/q-1. The quantitative estimate of drug-likeness (QED) is 0.535. The van der Waals surface area contributed by atoms with Crippen LogP contribution in [-0.4, -0.2) is 4.98 Å². The molecule has 2 rings (SSSR count). The van der Waals surface area contributed by atoms with Crippen molar-refractivity contribution in [2.45, 2.75) is 0 Å². The average molecular weight is 173 g/mol. The van der Waals surface area contributed by atoms with Crippen molar-refractivity contribution in [3.8, 4) is 0 Å². The molecule has 0 spiro atoms. The summed E-state index contributed by atoms with van der Waals surface area (Å²) >= 11 is 0. The Hall–Kier alpha value is -1.65. The van der Waals surface area contributed by atoms with Crippen LogP contribution in [0, 0.1) is 0 Å². The molecule has 0 saturated heterocycles. The molecule has 2 aromatic rings. The van der Waals surface area contributed by atoms with E-state index < -0.39 is 0 Å². The van der Waals surface area contributed by atoms with E-state index >= 15 is 0 Å². The first kappa shape index (κ1) is 7.97. The summed E-state index contributed by atoms with van der Waals surface area (Å²) in [5, 5.41) is 2.09. The average Bonchev–Trinajstić information content (AvgIpc) is 2.19. The third-order valence-electron chi connectivity index (χ3n) is 1.83. The number of aromatic nitrogens is 1. The highest BCUT2D eigenvalue weighted by atomic mass is 15.5. The van der Waals surface area contributed by atoms with E-state index in [1.54, 1.807) is 12.4 Å². The van der Waals surface area contributed by atoms with Gasteiger partial charge in [-0.3, -0.25) is 10.8 Å². The molecule has 0 atom stereocenters. The highest BCUT2D eigenvalue weighted by Crippen LogP contribution is 2.25. The van der Waals surface area contributed by atoms with Gasteiger partial charge in [0.05, 0.1) is 0 Å². The van der Waals surface area contributed by atoms with Gasteiger partial charge < -0.3 is 11.0 Å². The number of hydrogen-bond acceptors (Lipinski definition) is 3. The first-order chi connectivity index (χ1) is 6.42. The van der Waals surface area contributed by atoms with Gasteiger partial charge in [0.15, 0.2) is 0 Å². The smallest absolute Gasteiger partial charge is 0.0345 e. The Labute approximate surface area is 75.7 Å². The van der Waals surface area contributed by atoms with Crippen LogP contribution in [0.25, 0.3) is 16.2 Å². The van der Waals surface area contributed by atoms with E-state index in [0.29, 0.717) is 0 Å². The summed E-state index contributed by atoms with van der Waals surface area (Å²) in [6.07, 6.45) is 3.47. The molecule has 0 aliphatic heterocycles. The summed E-state index contributed by atoms with van der Waals surface area (Å²) in [6.45, 7) is 0. The normalized spacial score (nSPS) is 10.2. The van der Waals surface area contributed by atoms with E-state index in [-0.39, 0.29) is 0 Å². The third kappa shape index (κ3) is 1.44. The molecule has 0 unspecified atom stereocenters. The zero-order chi connectivity index (χ0) is 9.10. The van der Waals surface area contributed by atoms with E-state index in [1.807, 2.05) is 24.3 Å². The molecular weight excluding hydrogens is 164 g/mol. The van der Waals surface area contributed by atoms with Gasteiger partial charge in [0.25, 0.3) is 0 Å². The number of hydrogen-bond donors (Lipinski definition) is 2. The van der Waals surface area contributed by atoms with Crippen LogP contribution < -0.4 is 11.4 Å². The molecule has 4 nitrogen and oxygen atoms in total. The van der Waals surface area contributed by atoms with Crippen molar-refractivity contribution in [2.75, 3.05) is 0 Å². The first-order valence-corrected chi connectivity index (χ1v) is 3.91. The predicted molar refractivity (Wildman–Crippen MR) is 52.1 cm³/mol. The summed E-state index contributed by atoms with van der Waals surface area (Å²) in [4.78, 5) is 4.04. The Bertz CT molecular complexity index is 408. The number of benzene rings is 1. The minimum atomic E-state index is 0.751. The fourth-order valence-electron chi connectivity index (χ4n) is 1.26. The Balaban J connectivity index is 2.61. The molecule has 0 aliphatic carbocycles. The van der Waals surface area contributed by atoms with Crippen molar-refractivity contribution in [1.82, 2.24) is 10.5 Å². The molecule has 0 radical (unpaired) electrons. The number of rotatable bonds is 2. The van der Waals surface area contributed by atoms with Crippen LogP contribution in [-0.2, 0) is 0 Å². The molecule has 0 amide bonds. The van der Waals surface area contributed by atoms with E-state index in [4.69, 9.17) is 5.84 Å². The topological polar surface area (TPSA) is 65.0 Å². The lowest BCUT2D eigenvalue weighted by atomic mass is 10.1. The van der Waals surface area contributed by atoms with Gasteiger partial charge in [-0.05, 0) is 10.8 Å². The molecule has 0 fully saturated rings. The summed E-state index contributed by atoms with van der Waals surface area (Å²) in [5.74, 6) is 5.11. The van der Waals surface area contributed by atoms with Gasteiger partial charge in [-0.15, -0.1) is 5.69 Å². The summed E-state index contributed by atoms with van der Waals surface area (Å²) < 4.78 is 0. The second-order valence-electron chi connectivity index (χ2n) is 2.62. The lowest BCUT2D eigenvalue weighted by molar-refractivity contribution is 0.930. The van der Waals surface area contributed by atoms with Gasteiger partial charge in [-0.25, -0.2) is 0 Å². The van der Waals surface area contributed by atoms with Crippen molar-refractivity contribution in [1.29, 1.82) is 0 Å². The summed E-state index contributed by atoms with van der Waals surface area (Å²) in [5.41, 5.74) is 6.91. The fraction of sp³-hybridized carbons (Fsp3) is 0. The van der Waals surface area contributed by atoms with E-state index in [1.165, 1.54) is 0 Å². The molecule has 0 bridgehead atoms. The number of nitrogens with one attached hydrogen (secondary N) is 1. The zero-order valence-electron chi connectivity index (χ0n) is 6.94. The first-order valence-electron chi connectivity index (χ1n) is 3.91. The van der Waals surface area contributed by atoms with Crippen LogP contribution in [0.3, 0.4) is 0 Å². The van der Waals surface area contributed by atoms with Gasteiger partial charge in [0, 0.05) is 12.4 Å². The predicted octanol–water partition coefficient (Wildman–Crippen LogP) is 1.62. The van der Waals surface area contributed by atoms with E-state index in [9.17, 15) is 0 Å². The Morgan fingerprint density at radius 3 is 2.92 bits per heavy atom. The number of nitrogens with two attached hydrogens (primary N) is 1. The molecule has 66 valence electrons. The van der Waals surface area contributed by atoms with Crippen LogP contribution in [0.1, 0.15) is 0 Å². The van der Waals surface area contributed by atoms with Crippen molar-refractivity contribution in [2.24, 2.45) is 5.84 Å². The number of nitrogens with zero attached hydrogens (tertiary/aromatic N) is 2. The molecule has 3 N–H and O–H groups in total. The van der Waals surface area contributed by atoms with Crippen LogP contribution in [0.2, 0.25) is 0 Å². The maximum absolute atomic E-state index is 5.11. The fourth-order valence-corrected chi connectivity index (χ4v) is 1.26. The van der Waals surface area contributed by atoms with Gasteiger partial charge in [-0.1, -0.05) is 24.3 Å². The molecule has 0 saturated carbocycles. The molecular formula is C9H9N4-. The van der Waals surface area contributed by atoms with Crippen molar-refractivity contribution in [3.05, 3.63) is 42.1 Å². The zero-order valence-corrected chi connectivity index (χ0v) is 6.94. The summed E-state index contributed by atoms with van der Waals surface area (Å²) in [7, 11) is 0. The Kier molecular flexibility index (Phi) is 2.08.